The molecular weight excluding hydrogens is 286 g/mol. The van der Waals surface area contributed by atoms with Crippen LogP contribution in [0.4, 0.5) is 28.6 Å². The van der Waals surface area contributed by atoms with Gasteiger partial charge in [-0.3, -0.25) is 0 Å². The molecule has 0 saturated carbocycles. The predicted molar refractivity (Wildman–Crippen MR) is 92.4 cm³/mol. The van der Waals surface area contributed by atoms with Crippen LogP contribution >= 0.6 is 0 Å². The summed E-state index contributed by atoms with van der Waals surface area (Å²) < 4.78 is 1.92. The molecule has 0 aliphatic heterocycles. The van der Waals surface area contributed by atoms with Crippen LogP contribution in [-0.4, -0.2) is 0 Å². The van der Waals surface area contributed by atoms with E-state index in [0.717, 1.165) is 28.6 Å². The maximum atomic E-state index is 5.68. The molecule has 0 unspecified atom stereocenters. The van der Waals surface area contributed by atoms with Gasteiger partial charge in [-0.15, -0.1) is 0 Å². The normalized spacial score (nSPS) is 10.8. The number of azo groups is 1. The monoisotopic (exact) mass is 304 g/mol. The summed E-state index contributed by atoms with van der Waals surface area (Å²) in [6.07, 6.45) is 1.94. The highest BCUT2D eigenvalue weighted by Crippen LogP contribution is 2.22. The van der Waals surface area contributed by atoms with Crippen LogP contribution in [0.2, 0.25) is 0 Å². The van der Waals surface area contributed by atoms with Crippen molar-refractivity contribution < 1.29 is 4.57 Å². The molecule has 0 spiro atoms. The predicted octanol–water partition coefficient (Wildman–Crippen LogP) is 4.25. The highest BCUT2D eigenvalue weighted by atomic mass is 15.2. The van der Waals surface area contributed by atoms with E-state index in [1.165, 1.54) is 0 Å². The Bertz CT molecular complexity index is 808. The Morgan fingerprint density at radius 3 is 2.13 bits per heavy atom. The standard InChI is InChI=1S/C18H17N5/c1-23-13-3-2-4-18(23)22-21-17-11-9-16(10-12-17)20-15-7-5-14(19)6-8-15/h2-13H,1H3,(H2,19,21)/p+1. The van der Waals surface area contributed by atoms with Gasteiger partial charge >= 0.3 is 5.82 Å². The molecule has 0 atom stereocenters. The minimum absolute atomic E-state index is 0.750. The van der Waals surface area contributed by atoms with Crippen molar-refractivity contribution in [2.45, 2.75) is 0 Å². The van der Waals surface area contributed by atoms with Crippen molar-refractivity contribution in [3.8, 4) is 0 Å². The van der Waals surface area contributed by atoms with E-state index < -0.39 is 0 Å². The Labute approximate surface area is 135 Å². The van der Waals surface area contributed by atoms with Crippen LogP contribution in [0.5, 0.6) is 0 Å². The van der Waals surface area contributed by atoms with Gasteiger partial charge in [-0.25, -0.2) is 4.57 Å². The van der Waals surface area contributed by atoms with Crippen molar-refractivity contribution in [3.05, 3.63) is 72.9 Å². The Morgan fingerprint density at radius 1 is 0.826 bits per heavy atom. The fourth-order valence-electron chi connectivity index (χ4n) is 2.07. The molecule has 0 fully saturated rings. The Kier molecular flexibility index (Phi) is 4.29. The largest absolute Gasteiger partial charge is 0.399 e. The van der Waals surface area contributed by atoms with Gasteiger partial charge in [0.15, 0.2) is 0 Å². The lowest BCUT2D eigenvalue weighted by molar-refractivity contribution is -0.658. The van der Waals surface area contributed by atoms with Gasteiger partial charge in [-0.2, -0.15) is 0 Å². The smallest absolute Gasteiger partial charge is 0.350 e. The average molecular weight is 304 g/mol. The number of aryl methyl sites for hydroxylation is 1. The first-order valence-electron chi connectivity index (χ1n) is 7.30. The van der Waals surface area contributed by atoms with Crippen molar-refractivity contribution in [3.63, 3.8) is 0 Å². The van der Waals surface area contributed by atoms with E-state index in [-0.39, 0.29) is 0 Å². The molecule has 0 amide bonds. The van der Waals surface area contributed by atoms with Gasteiger partial charge in [-0.05, 0) is 59.7 Å². The first kappa shape index (κ1) is 14.7. The fourth-order valence-corrected chi connectivity index (χ4v) is 2.07. The van der Waals surface area contributed by atoms with Gasteiger partial charge in [0.25, 0.3) is 0 Å². The highest BCUT2D eigenvalue weighted by molar-refractivity contribution is 5.63. The summed E-state index contributed by atoms with van der Waals surface area (Å²) in [6, 6.07) is 21.2. The highest BCUT2D eigenvalue weighted by Gasteiger charge is 2.03. The van der Waals surface area contributed by atoms with Crippen LogP contribution in [-0.2, 0) is 7.05 Å². The molecule has 3 N–H and O–H groups in total. The van der Waals surface area contributed by atoms with E-state index in [0.29, 0.717) is 0 Å². The zero-order valence-corrected chi connectivity index (χ0v) is 12.8. The first-order chi connectivity index (χ1) is 11.2. The van der Waals surface area contributed by atoms with Gasteiger partial charge in [0.05, 0.1) is 18.4 Å². The molecule has 0 aliphatic rings. The van der Waals surface area contributed by atoms with Gasteiger partial charge in [-0.1, -0.05) is 6.07 Å². The van der Waals surface area contributed by atoms with Crippen LogP contribution < -0.4 is 15.6 Å². The number of benzene rings is 2. The lowest BCUT2D eigenvalue weighted by Crippen LogP contribution is -2.26. The second-order valence-electron chi connectivity index (χ2n) is 5.16. The molecule has 1 heterocycles. The Hall–Kier alpha value is -3.21. The minimum atomic E-state index is 0.750. The molecule has 0 bridgehead atoms. The molecule has 0 saturated heterocycles. The second-order valence-corrected chi connectivity index (χ2v) is 5.16. The third-order valence-corrected chi connectivity index (χ3v) is 3.36. The lowest BCUT2D eigenvalue weighted by Gasteiger charge is -2.06. The maximum Gasteiger partial charge on any atom is 0.350 e. The topological polar surface area (TPSA) is 66.6 Å². The van der Waals surface area contributed by atoms with E-state index in [9.17, 15) is 0 Å². The number of hydrogen-bond donors (Lipinski definition) is 2. The van der Waals surface area contributed by atoms with Crippen molar-refractivity contribution in [2.75, 3.05) is 11.1 Å². The van der Waals surface area contributed by atoms with Crippen molar-refractivity contribution >= 4 is 28.6 Å². The first-order valence-corrected chi connectivity index (χ1v) is 7.30. The van der Waals surface area contributed by atoms with Crippen LogP contribution in [0.3, 0.4) is 0 Å². The molecule has 5 heteroatoms. The summed E-state index contributed by atoms with van der Waals surface area (Å²) in [5, 5.41) is 11.8. The molecule has 0 aliphatic carbocycles. The zero-order chi connectivity index (χ0) is 16.1. The van der Waals surface area contributed by atoms with E-state index in [2.05, 4.69) is 15.5 Å². The summed E-state index contributed by atoms with van der Waals surface area (Å²) in [5.74, 6) is 0.802. The number of anilines is 3. The van der Waals surface area contributed by atoms with Crippen LogP contribution in [0.25, 0.3) is 0 Å². The number of nitrogens with zero attached hydrogens (tertiary/aromatic N) is 3. The molecule has 114 valence electrons. The average Bonchev–Trinajstić information content (AvgIpc) is 2.58. The maximum absolute atomic E-state index is 5.68. The van der Waals surface area contributed by atoms with Crippen LogP contribution in [0.1, 0.15) is 0 Å². The van der Waals surface area contributed by atoms with E-state index >= 15 is 0 Å². The number of aromatic nitrogens is 1. The van der Waals surface area contributed by atoms with Gasteiger partial charge in [0.2, 0.25) is 0 Å². The quantitative estimate of drug-likeness (QED) is 0.430. The molecule has 2 aromatic carbocycles. The Morgan fingerprint density at radius 2 is 1.48 bits per heavy atom. The third kappa shape index (κ3) is 3.91. The minimum Gasteiger partial charge on any atom is -0.399 e. The van der Waals surface area contributed by atoms with Crippen molar-refractivity contribution in [1.29, 1.82) is 0 Å². The SMILES string of the molecule is C[n+]1ccccc1/N=N/c1ccc(Nc2ccc(N)cc2)cc1. The van der Waals surface area contributed by atoms with Crippen LogP contribution in [0.15, 0.2) is 83.2 Å². The molecule has 23 heavy (non-hydrogen) atoms. The number of nitrogens with one attached hydrogen (secondary N) is 1. The summed E-state index contributed by atoms with van der Waals surface area (Å²) in [4.78, 5) is 0. The summed E-state index contributed by atoms with van der Waals surface area (Å²) in [5.41, 5.74) is 9.21. The second kappa shape index (κ2) is 6.70. The van der Waals surface area contributed by atoms with Gasteiger partial charge in [0, 0.05) is 23.1 Å². The number of hydrogen-bond acceptors (Lipinski definition) is 4. The number of pyridine rings is 1. The van der Waals surface area contributed by atoms with E-state index in [1.807, 2.05) is 84.5 Å². The molecular formula is C18H18N5+. The summed E-state index contributed by atoms with van der Waals surface area (Å²) in [7, 11) is 1.94. The number of nitrogens with two attached hydrogens (primary N) is 1. The van der Waals surface area contributed by atoms with E-state index in [4.69, 9.17) is 5.73 Å². The molecule has 3 aromatic rings. The molecule has 5 nitrogen and oxygen atoms in total. The van der Waals surface area contributed by atoms with Crippen LogP contribution in [0, 0.1) is 0 Å². The van der Waals surface area contributed by atoms with Gasteiger partial charge < -0.3 is 11.1 Å². The molecule has 0 radical (unpaired) electrons. The Balaban J connectivity index is 1.69. The molecule has 3 rings (SSSR count). The van der Waals surface area contributed by atoms with Crippen molar-refractivity contribution in [2.24, 2.45) is 17.3 Å². The lowest BCUT2D eigenvalue weighted by atomic mass is 10.2. The fraction of sp³-hybridized carbons (Fsp3) is 0.0556. The summed E-state index contributed by atoms with van der Waals surface area (Å²) >= 11 is 0. The number of nitrogen functional groups attached to an aromatic ring is 1. The van der Waals surface area contributed by atoms with Gasteiger partial charge in [0.1, 0.15) is 5.69 Å². The van der Waals surface area contributed by atoms with E-state index in [1.54, 1.807) is 0 Å². The summed E-state index contributed by atoms with van der Waals surface area (Å²) in [6.45, 7) is 0. The molecule has 1 aromatic heterocycles. The zero-order valence-electron chi connectivity index (χ0n) is 12.8. The van der Waals surface area contributed by atoms with Crippen molar-refractivity contribution in [1.82, 2.24) is 0 Å². The third-order valence-electron chi connectivity index (χ3n) is 3.36. The number of rotatable bonds is 4.